The lowest BCUT2D eigenvalue weighted by Gasteiger charge is -2.08. The number of anilines is 1. The van der Waals surface area contributed by atoms with Gasteiger partial charge in [0.25, 0.3) is 5.91 Å². The molecule has 2 aromatic rings. The molecule has 18 heavy (non-hydrogen) atoms. The summed E-state index contributed by atoms with van der Waals surface area (Å²) >= 11 is 3.08. The molecule has 0 fully saturated rings. The number of aromatic nitrogens is 1. The molecule has 0 aliphatic carbocycles. The highest BCUT2D eigenvalue weighted by atomic mass is 79.9. The van der Waals surface area contributed by atoms with Gasteiger partial charge >= 0.3 is 0 Å². The topological polar surface area (TPSA) is 34.0 Å². The van der Waals surface area contributed by atoms with Gasteiger partial charge in [-0.05, 0) is 53.2 Å². The minimum absolute atomic E-state index is 0.208. The van der Waals surface area contributed by atoms with Crippen LogP contribution in [0.15, 0.2) is 41.0 Å². The summed E-state index contributed by atoms with van der Waals surface area (Å²) in [6, 6.07) is 7.93. The molecular formula is C13H12BrFN2O. The van der Waals surface area contributed by atoms with Crippen LogP contribution in [-0.4, -0.2) is 10.5 Å². The van der Waals surface area contributed by atoms with Gasteiger partial charge in [0.15, 0.2) is 0 Å². The molecule has 1 N–H and O–H groups in total. The molecule has 0 radical (unpaired) electrons. The summed E-state index contributed by atoms with van der Waals surface area (Å²) in [5.41, 5.74) is 1.13. The zero-order valence-electron chi connectivity index (χ0n) is 9.78. The third-order valence-electron chi connectivity index (χ3n) is 2.58. The van der Waals surface area contributed by atoms with E-state index in [-0.39, 0.29) is 11.7 Å². The molecule has 0 saturated carbocycles. The number of amides is 1. The van der Waals surface area contributed by atoms with Crippen molar-refractivity contribution < 1.29 is 9.18 Å². The Balaban J connectivity index is 2.19. The summed E-state index contributed by atoms with van der Waals surface area (Å²) in [5, 5.41) is 2.73. The molecule has 1 aromatic heterocycles. The Morgan fingerprint density at radius 3 is 2.89 bits per heavy atom. The monoisotopic (exact) mass is 310 g/mol. The second-order valence-corrected chi connectivity index (χ2v) is 4.62. The number of carbonyl (C=O) groups is 1. The molecule has 0 spiro atoms. The van der Waals surface area contributed by atoms with Crippen molar-refractivity contribution in [2.45, 2.75) is 13.5 Å². The predicted octanol–water partition coefficient (Wildman–Crippen LogP) is 3.66. The molecule has 1 amide bonds. The van der Waals surface area contributed by atoms with Gasteiger partial charge in [-0.3, -0.25) is 4.79 Å². The first kappa shape index (κ1) is 12.8. The molecule has 5 heteroatoms. The fourth-order valence-electron chi connectivity index (χ4n) is 1.66. The van der Waals surface area contributed by atoms with Crippen molar-refractivity contribution in [1.29, 1.82) is 0 Å². The number of aryl methyl sites for hydroxylation is 1. The summed E-state index contributed by atoms with van der Waals surface area (Å²) in [7, 11) is 0. The quantitative estimate of drug-likeness (QED) is 0.922. The van der Waals surface area contributed by atoms with Gasteiger partial charge in [0.1, 0.15) is 11.5 Å². The Kier molecular flexibility index (Phi) is 3.81. The molecule has 0 unspecified atom stereocenters. The largest absolute Gasteiger partial charge is 0.344 e. The normalized spacial score (nSPS) is 10.4. The molecule has 0 aliphatic heterocycles. The van der Waals surface area contributed by atoms with Gasteiger partial charge in [-0.1, -0.05) is 0 Å². The molecule has 1 aromatic carbocycles. The number of hydrogen-bond donors (Lipinski definition) is 1. The summed E-state index contributed by atoms with van der Waals surface area (Å²) in [6.07, 6.45) is 1.84. The first-order chi connectivity index (χ1) is 8.61. The number of benzene rings is 1. The average molecular weight is 311 g/mol. The SMILES string of the molecule is CCn1cccc1C(=O)Nc1ccc(F)c(Br)c1. The maximum atomic E-state index is 13.1. The second-order valence-electron chi connectivity index (χ2n) is 3.76. The number of nitrogens with zero attached hydrogens (tertiary/aromatic N) is 1. The maximum absolute atomic E-state index is 13.1. The minimum Gasteiger partial charge on any atom is -0.344 e. The van der Waals surface area contributed by atoms with E-state index in [1.807, 2.05) is 23.8 Å². The molecule has 0 bridgehead atoms. The Hall–Kier alpha value is -1.62. The molecule has 0 atom stereocenters. The van der Waals surface area contributed by atoms with Gasteiger partial charge in [-0.2, -0.15) is 0 Å². The summed E-state index contributed by atoms with van der Waals surface area (Å²) < 4.78 is 15.2. The van der Waals surface area contributed by atoms with E-state index in [1.165, 1.54) is 18.2 Å². The molecule has 1 heterocycles. The zero-order chi connectivity index (χ0) is 13.1. The van der Waals surface area contributed by atoms with Crippen LogP contribution in [0.3, 0.4) is 0 Å². The van der Waals surface area contributed by atoms with Gasteiger partial charge in [0, 0.05) is 18.4 Å². The third-order valence-corrected chi connectivity index (χ3v) is 3.19. The van der Waals surface area contributed by atoms with Crippen molar-refractivity contribution >= 4 is 27.5 Å². The Morgan fingerprint density at radius 2 is 2.22 bits per heavy atom. The lowest BCUT2D eigenvalue weighted by atomic mass is 10.3. The van der Waals surface area contributed by atoms with Crippen LogP contribution in [-0.2, 0) is 6.54 Å². The van der Waals surface area contributed by atoms with Crippen LogP contribution in [0.1, 0.15) is 17.4 Å². The third kappa shape index (κ3) is 2.61. The van der Waals surface area contributed by atoms with E-state index < -0.39 is 0 Å². The Morgan fingerprint density at radius 1 is 1.44 bits per heavy atom. The second kappa shape index (κ2) is 5.35. The first-order valence-electron chi connectivity index (χ1n) is 5.53. The van der Waals surface area contributed by atoms with Crippen LogP contribution in [0.25, 0.3) is 0 Å². The number of nitrogens with one attached hydrogen (secondary N) is 1. The van der Waals surface area contributed by atoms with E-state index in [4.69, 9.17) is 0 Å². The van der Waals surface area contributed by atoms with Crippen molar-refractivity contribution in [3.63, 3.8) is 0 Å². The number of rotatable bonds is 3. The van der Waals surface area contributed by atoms with Crippen LogP contribution in [0.2, 0.25) is 0 Å². The lowest BCUT2D eigenvalue weighted by molar-refractivity contribution is 0.101. The van der Waals surface area contributed by atoms with Gasteiger partial charge < -0.3 is 9.88 Å². The minimum atomic E-state index is -0.357. The van der Waals surface area contributed by atoms with Crippen molar-refractivity contribution in [1.82, 2.24) is 4.57 Å². The van der Waals surface area contributed by atoms with Crippen LogP contribution in [0, 0.1) is 5.82 Å². The smallest absolute Gasteiger partial charge is 0.272 e. The van der Waals surface area contributed by atoms with E-state index in [0.29, 0.717) is 15.9 Å². The fourth-order valence-corrected chi connectivity index (χ4v) is 2.04. The van der Waals surface area contributed by atoms with Gasteiger partial charge in [0.2, 0.25) is 0 Å². The summed E-state index contributed by atoms with van der Waals surface area (Å²) in [4.78, 5) is 12.0. The van der Waals surface area contributed by atoms with Gasteiger partial charge in [0.05, 0.1) is 4.47 Å². The molecular weight excluding hydrogens is 299 g/mol. The van der Waals surface area contributed by atoms with Gasteiger partial charge in [-0.25, -0.2) is 4.39 Å². The van der Waals surface area contributed by atoms with E-state index in [0.717, 1.165) is 6.54 Å². The lowest BCUT2D eigenvalue weighted by Crippen LogP contribution is -2.16. The van der Waals surface area contributed by atoms with Crippen LogP contribution < -0.4 is 5.32 Å². The molecule has 0 aliphatic rings. The molecule has 94 valence electrons. The summed E-state index contributed by atoms with van der Waals surface area (Å²) in [5.74, 6) is -0.565. The van der Waals surface area contributed by atoms with Crippen LogP contribution >= 0.6 is 15.9 Å². The highest BCUT2D eigenvalue weighted by molar-refractivity contribution is 9.10. The van der Waals surface area contributed by atoms with Crippen molar-refractivity contribution in [2.24, 2.45) is 0 Å². The van der Waals surface area contributed by atoms with E-state index in [2.05, 4.69) is 21.2 Å². The molecule has 0 saturated heterocycles. The average Bonchev–Trinajstić information content (AvgIpc) is 2.82. The number of halogens is 2. The van der Waals surface area contributed by atoms with Gasteiger partial charge in [-0.15, -0.1) is 0 Å². The van der Waals surface area contributed by atoms with E-state index >= 15 is 0 Å². The van der Waals surface area contributed by atoms with E-state index in [1.54, 1.807) is 6.07 Å². The molecule has 2 rings (SSSR count). The number of carbonyl (C=O) groups excluding carboxylic acids is 1. The maximum Gasteiger partial charge on any atom is 0.272 e. The van der Waals surface area contributed by atoms with Crippen molar-refractivity contribution in [3.8, 4) is 0 Å². The van der Waals surface area contributed by atoms with Crippen molar-refractivity contribution in [3.05, 3.63) is 52.5 Å². The highest BCUT2D eigenvalue weighted by Gasteiger charge is 2.10. The zero-order valence-corrected chi connectivity index (χ0v) is 11.4. The van der Waals surface area contributed by atoms with Crippen LogP contribution in [0.5, 0.6) is 0 Å². The van der Waals surface area contributed by atoms with Crippen molar-refractivity contribution in [2.75, 3.05) is 5.32 Å². The number of hydrogen-bond acceptors (Lipinski definition) is 1. The summed E-state index contributed by atoms with van der Waals surface area (Å²) in [6.45, 7) is 2.69. The standard InChI is InChI=1S/C13H12BrFN2O/c1-2-17-7-3-4-12(17)13(18)16-9-5-6-11(15)10(14)8-9/h3-8H,2H2,1H3,(H,16,18). The first-order valence-corrected chi connectivity index (χ1v) is 6.32. The van der Waals surface area contributed by atoms with E-state index in [9.17, 15) is 9.18 Å². The Bertz CT molecular complexity index is 580. The Labute approximate surface area is 113 Å². The van der Waals surface area contributed by atoms with Crippen LogP contribution in [0.4, 0.5) is 10.1 Å². The predicted molar refractivity (Wildman–Crippen MR) is 72.2 cm³/mol. The highest BCUT2D eigenvalue weighted by Crippen LogP contribution is 2.20. The fraction of sp³-hybridized carbons (Fsp3) is 0.154. The molecule has 3 nitrogen and oxygen atoms in total.